The van der Waals surface area contributed by atoms with E-state index in [-0.39, 0.29) is 6.10 Å². The zero-order valence-corrected chi connectivity index (χ0v) is 10.7. The second-order valence-electron chi connectivity index (χ2n) is 5.34. The maximum atomic E-state index is 11.7. The van der Waals surface area contributed by atoms with Crippen LogP contribution >= 0.6 is 0 Å². The molecule has 0 bridgehead atoms. The number of likely N-dealkylation sites (tertiary alicyclic amines) is 1. The van der Waals surface area contributed by atoms with Crippen LogP contribution in [0.3, 0.4) is 0 Å². The predicted octanol–water partition coefficient (Wildman–Crippen LogP) is 1.88. The number of carboxylic acid groups (broad SMARTS) is 1. The first-order valence-electron chi connectivity index (χ1n) is 6.70. The lowest BCUT2D eigenvalue weighted by Crippen LogP contribution is -2.59. The number of carbonyl (C=O) groups is 1. The van der Waals surface area contributed by atoms with Gasteiger partial charge >= 0.3 is 5.97 Å². The van der Waals surface area contributed by atoms with Crippen LogP contribution in [0.15, 0.2) is 0 Å². The molecule has 2 aliphatic rings. The summed E-state index contributed by atoms with van der Waals surface area (Å²) in [6.45, 7) is 1.87. The van der Waals surface area contributed by atoms with Crippen LogP contribution in [0.5, 0.6) is 0 Å². The summed E-state index contributed by atoms with van der Waals surface area (Å²) < 4.78 is 5.40. The minimum atomic E-state index is -0.653. The summed E-state index contributed by atoms with van der Waals surface area (Å²) in [5, 5.41) is 9.66. The van der Waals surface area contributed by atoms with Gasteiger partial charge in [0.15, 0.2) is 0 Å². The van der Waals surface area contributed by atoms with Gasteiger partial charge in [-0.2, -0.15) is 0 Å². The van der Waals surface area contributed by atoms with Gasteiger partial charge < -0.3 is 9.84 Å². The summed E-state index contributed by atoms with van der Waals surface area (Å²) in [4.78, 5) is 13.9. The topological polar surface area (TPSA) is 49.8 Å². The van der Waals surface area contributed by atoms with E-state index in [1.54, 1.807) is 7.11 Å². The lowest BCUT2D eigenvalue weighted by atomic mass is 9.78. The highest BCUT2D eigenvalue weighted by Crippen LogP contribution is 2.36. The molecule has 2 unspecified atom stereocenters. The van der Waals surface area contributed by atoms with Crippen LogP contribution in [-0.4, -0.2) is 47.8 Å². The Balaban J connectivity index is 2.15. The molecule has 98 valence electrons. The maximum absolute atomic E-state index is 11.7. The van der Waals surface area contributed by atoms with Crippen molar-refractivity contribution in [2.45, 2.75) is 56.6 Å². The molecule has 0 aromatic carbocycles. The zero-order chi connectivity index (χ0) is 12.3. The first-order valence-corrected chi connectivity index (χ1v) is 6.70. The van der Waals surface area contributed by atoms with Crippen LogP contribution in [0.25, 0.3) is 0 Å². The Morgan fingerprint density at radius 2 is 2.00 bits per heavy atom. The Morgan fingerprint density at radius 1 is 1.29 bits per heavy atom. The molecule has 1 aliphatic heterocycles. The standard InChI is InChI=1S/C13H23NO3/c1-17-11-6-5-7-13(10-11,12(15)16)14-8-3-2-4-9-14/h11H,2-10H2,1H3,(H,15,16). The number of carboxylic acids is 1. The largest absolute Gasteiger partial charge is 0.480 e. The van der Waals surface area contributed by atoms with E-state index in [1.165, 1.54) is 6.42 Å². The molecule has 0 radical (unpaired) electrons. The van der Waals surface area contributed by atoms with Gasteiger partial charge in [0.2, 0.25) is 0 Å². The average molecular weight is 241 g/mol. The summed E-state index contributed by atoms with van der Waals surface area (Å²) in [6.07, 6.45) is 7.00. The number of rotatable bonds is 3. The van der Waals surface area contributed by atoms with Gasteiger partial charge in [0.25, 0.3) is 0 Å². The molecule has 17 heavy (non-hydrogen) atoms. The summed E-state index contributed by atoms with van der Waals surface area (Å²) >= 11 is 0. The van der Waals surface area contributed by atoms with E-state index in [1.807, 2.05) is 0 Å². The maximum Gasteiger partial charge on any atom is 0.324 e. The first-order chi connectivity index (χ1) is 8.19. The van der Waals surface area contributed by atoms with Crippen molar-refractivity contribution in [1.29, 1.82) is 0 Å². The Labute approximate surface area is 103 Å². The van der Waals surface area contributed by atoms with Crippen molar-refractivity contribution in [3.8, 4) is 0 Å². The highest BCUT2D eigenvalue weighted by molar-refractivity contribution is 5.79. The molecule has 4 nitrogen and oxygen atoms in total. The molecule has 1 N–H and O–H groups in total. The fraction of sp³-hybridized carbons (Fsp3) is 0.923. The van der Waals surface area contributed by atoms with Gasteiger partial charge in [-0.05, 0) is 45.2 Å². The molecule has 1 saturated heterocycles. The number of hydrogen-bond acceptors (Lipinski definition) is 3. The molecular formula is C13H23NO3. The van der Waals surface area contributed by atoms with Crippen molar-refractivity contribution in [1.82, 2.24) is 4.90 Å². The smallest absolute Gasteiger partial charge is 0.324 e. The van der Waals surface area contributed by atoms with Crippen molar-refractivity contribution in [2.24, 2.45) is 0 Å². The van der Waals surface area contributed by atoms with E-state index in [0.717, 1.165) is 45.2 Å². The van der Waals surface area contributed by atoms with E-state index in [4.69, 9.17) is 4.74 Å². The Hall–Kier alpha value is -0.610. The van der Waals surface area contributed by atoms with Crippen LogP contribution in [0.2, 0.25) is 0 Å². The van der Waals surface area contributed by atoms with Gasteiger partial charge in [0, 0.05) is 13.5 Å². The van der Waals surface area contributed by atoms with Gasteiger partial charge in [-0.1, -0.05) is 6.42 Å². The lowest BCUT2D eigenvalue weighted by Gasteiger charge is -2.46. The number of aliphatic carboxylic acids is 1. The predicted molar refractivity (Wildman–Crippen MR) is 65.1 cm³/mol. The van der Waals surface area contributed by atoms with Crippen molar-refractivity contribution in [3.05, 3.63) is 0 Å². The third-order valence-corrected chi connectivity index (χ3v) is 4.37. The molecule has 1 aliphatic carbocycles. The third-order valence-electron chi connectivity index (χ3n) is 4.37. The van der Waals surface area contributed by atoms with Crippen LogP contribution < -0.4 is 0 Å². The van der Waals surface area contributed by atoms with Gasteiger partial charge in [-0.25, -0.2) is 0 Å². The van der Waals surface area contributed by atoms with E-state index in [9.17, 15) is 9.90 Å². The van der Waals surface area contributed by atoms with Crippen molar-refractivity contribution in [3.63, 3.8) is 0 Å². The van der Waals surface area contributed by atoms with Gasteiger partial charge in [-0.15, -0.1) is 0 Å². The zero-order valence-electron chi connectivity index (χ0n) is 10.7. The highest BCUT2D eigenvalue weighted by Gasteiger charge is 2.47. The number of hydrogen-bond donors (Lipinski definition) is 1. The highest BCUT2D eigenvalue weighted by atomic mass is 16.5. The Bertz CT molecular complexity index is 276. The van der Waals surface area contributed by atoms with Crippen LogP contribution in [0.1, 0.15) is 44.9 Å². The molecule has 1 heterocycles. The van der Waals surface area contributed by atoms with Gasteiger partial charge in [0.05, 0.1) is 6.10 Å². The molecule has 2 rings (SSSR count). The SMILES string of the molecule is COC1CCCC(C(=O)O)(N2CCCCC2)C1. The molecule has 0 amide bonds. The second kappa shape index (κ2) is 5.36. The monoisotopic (exact) mass is 241 g/mol. The van der Waals surface area contributed by atoms with Gasteiger partial charge in [-0.3, -0.25) is 9.69 Å². The summed E-state index contributed by atoms with van der Waals surface area (Å²) in [7, 11) is 1.69. The normalized spacial score (nSPS) is 35.7. The number of methoxy groups -OCH3 is 1. The molecule has 0 aromatic rings. The van der Waals surface area contributed by atoms with Crippen molar-refractivity contribution < 1.29 is 14.6 Å². The first kappa shape index (κ1) is 12.8. The molecule has 2 fully saturated rings. The molecule has 1 saturated carbocycles. The van der Waals surface area contributed by atoms with E-state index >= 15 is 0 Å². The van der Waals surface area contributed by atoms with Crippen LogP contribution in [0, 0.1) is 0 Å². The number of ether oxygens (including phenoxy) is 1. The van der Waals surface area contributed by atoms with Crippen LogP contribution in [-0.2, 0) is 9.53 Å². The van der Waals surface area contributed by atoms with E-state index in [0.29, 0.717) is 6.42 Å². The molecule has 0 aromatic heterocycles. The summed E-state index contributed by atoms with van der Waals surface area (Å²) in [6, 6.07) is 0. The van der Waals surface area contributed by atoms with Crippen molar-refractivity contribution in [2.75, 3.05) is 20.2 Å². The number of nitrogens with zero attached hydrogens (tertiary/aromatic N) is 1. The van der Waals surface area contributed by atoms with Crippen LogP contribution in [0.4, 0.5) is 0 Å². The summed E-state index contributed by atoms with van der Waals surface area (Å²) in [5.74, 6) is -0.652. The third kappa shape index (κ3) is 2.47. The van der Waals surface area contributed by atoms with Gasteiger partial charge in [0.1, 0.15) is 5.54 Å². The minimum absolute atomic E-state index is 0.113. The quantitative estimate of drug-likeness (QED) is 0.819. The molecule has 0 spiro atoms. The van der Waals surface area contributed by atoms with E-state index in [2.05, 4.69) is 4.90 Å². The second-order valence-corrected chi connectivity index (χ2v) is 5.34. The van der Waals surface area contributed by atoms with Crippen molar-refractivity contribution >= 4 is 5.97 Å². The number of piperidine rings is 1. The molecule has 4 heteroatoms. The minimum Gasteiger partial charge on any atom is -0.480 e. The van der Waals surface area contributed by atoms with E-state index < -0.39 is 11.5 Å². The Morgan fingerprint density at radius 3 is 2.59 bits per heavy atom. The molecular weight excluding hydrogens is 218 g/mol. The summed E-state index contributed by atoms with van der Waals surface area (Å²) in [5.41, 5.74) is -0.653. The Kier molecular flexibility index (Phi) is 4.05. The average Bonchev–Trinajstić information content (AvgIpc) is 2.39. The fourth-order valence-corrected chi connectivity index (χ4v) is 3.34. The lowest BCUT2D eigenvalue weighted by molar-refractivity contribution is -0.159. The fourth-order valence-electron chi connectivity index (χ4n) is 3.34. The molecule has 2 atom stereocenters.